The molecule has 15 heavy (non-hydrogen) atoms. The van der Waals surface area contributed by atoms with Crippen LogP contribution in [0.2, 0.25) is 0 Å². The van der Waals surface area contributed by atoms with E-state index in [1.54, 1.807) is 0 Å². The summed E-state index contributed by atoms with van der Waals surface area (Å²) in [6, 6.07) is 18.0. The summed E-state index contributed by atoms with van der Waals surface area (Å²) in [4.78, 5) is 0. The van der Waals surface area contributed by atoms with E-state index in [1.807, 2.05) is 24.3 Å². The third kappa shape index (κ3) is 2.24. The standard InChI is InChI=1S/C13H10NP/c14-9-10-1-3-11(4-2-10)12-5-7-13(15)8-6-12/h1-8H,15H2. The van der Waals surface area contributed by atoms with Crippen LogP contribution in [0.25, 0.3) is 11.1 Å². The first-order chi connectivity index (χ1) is 7.29. The predicted molar refractivity (Wildman–Crippen MR) is 65.9 cm³/mol. The maximum absolute atomic E-state index is 8.68. The monoisotopic (exact) mass is 211 g/mol. The maximum Gasteiger partial charge on any atom is 0.0991 e. The highest BCUT2D eigenvalue weighted by atomic mass is 31.0. The molecular weight excluding hydrogens is 201 g/mol. The summed E-state index contributed by atoms with van der Waals surface area (Å²) in [6.45, 7) is 0. The van der Waals surface area contributed by atoms with Crippen molar-refractivity contribution in [2.45, 2.75) is 0 Å². The molecule has 0 aliphatic heterocycles. The van der Waals surface area contributed by atoms with Gasteiger partial charge in [-0.15, -0.1) is 9.24 Å². The van der Waals surface area contributed by atoms with Crippen molar-refractivity contribution < 1.29 is 0 Å². The normalized spacial score (nSPS) is 9.60. The Balaban J connectivity index is 2.38. The second-order valence-electron chi connectivity index (χ2n) is 3.31. The third-order valence-electron chi connectivity index (χ3n) is 2.26. The minimum Gasteiger partial charge on any atom is -0.192 e. The molecule has 2 aromatic carbocycles. The minimum atomic E-state index is 0.696. The van der Waals surface area contributed by atoms with Crippen molar-refractivity contribution in [1.82, 2.24) is 0 Å². The predicted octanol–water partition coefficient (Wildman–Crippen LogP) is 2.73. The average molecular weight is 211 g/mol. The van der Waals surface area contributed by atoms with Gasteiger partial charge in [-0.25, -0.2) is 0 Å². The second kappa shape index (κ2) is 4.26. The van der Waals surface area contributed by atoms with Gasteiger partial charge < -0.3 is 0 Å². The van der Waals surface area contributed by atoms with Crippen LogP contribution < -0.4 is 5.30 Å². The topological polar surface area (TPSA) is 23.8 Å². The summed E-state index contributed by atoms with van der Waals surface area (Å²) in [7, 11) is 2.66. The number of nitrogens with zero attached hydrogens (tertiary/aromatic N) is 1. The molecule has 0 aliphatic rings. The van der Waals surface area contributed by atoms with Crippen LogP contribution in [0.1, 0.15) is 5.56 Å². The second-order valence-corrected chi connectivity index (χ2v) is 3.98. The molecule has 2 heteroatoms. The Kier molecular flexibility index (Phi) is 2.81. The summed E-state index contributed by atoms with van der Waals surface area (Å²) in [6.07, 6.45) is 0. The van der Waals surface area contributed by atoms with Gasteiger partial charge in [-0.1, -0.05) is 36.4 Å². The first kappa shape index (κ1) is 9.90. The highest BCUT2D eigenvalue weighted by Crippen LogP contribution is 2.18. The van der Waals surface area contributed by atoms with E-state index in [0.29, 0.717) is 5.56 Å². The fourth-order valence-corrected chi connectivity index (χ4v) is 1.61. The van der Waals surface area contributed by atoms with Crippen LogP contribution in [0.5, 0.6) is 0 Å². The molecule has 0 radical (unpaired) electrons. The van der Waals surface area contributed by atoms with Gasteiger partial charge in [0, 0.05) is 0 Å². The Hall–Kier alpha value is -1.64. The van der Waals surface area contributed by atoms with Crippen molar-refractivity contribution >= 4 is 14.5 Å². The number of hydrogen-bond acceptors (Lipinski definition) is 1. The van der Waals surface area contributed by atoms with E-state index >= 15 is 0 Å². The molecule has 1 unspecified atom stereocenters. The Morgan fingerprint density at radius 3 is 1.73 bits per heavy atom. The van der Waals surface area contributed by atoms with E-state index in [-0.39, 0.29) is 0 Å². The van der Waals surface area contributed by atoms with Crippen LogP contribution in [0.3, 0.4) is 0 Å². The zero-order valence-corrected chi connectivity index (χ0v) is 9.30. The van der Waals surface area contributed by atoms with Crippen molar-refractivity contribution in [1.29, 1.82) is 5.26 Å². The van der Waals surface area contributed by atoms with Gasteiger partial charge >= 0.3 is 0 Å². The van der Waals surface area contributed by atoms with Gasteiger partial charge in [-0.05, 0) is 28.6 Å². The lowest BCUT2D eigenvalue weighted by Gasteiger charge is -2.01. The molecule has 0 saturated carbocycles. The van der Waals surface area contributed by atoms with E-state index < -0.39 is 0 Å². The summed E-state index contributed by atoms with van der Waals surface area (Å²) < 4.78 is 0. The Morgan fingerprint density at radius 1 is 0.800 bits per heavy atom. The van der Waals surface area contributed by atoms with Crippen molar-refractivity contribution in [2.75, 3.05) is 0 Å². The van der Waals surface area contributed by atoms with Crippen LogP contribution >= 0.6 is 9.24 Å². The molecule has 0 aromatic heterocycles. The highest BCUT2D eigenvalue weighted by molar-refractivity contribution is 7.27. The molecule has 0 spiro atoms. The van der Waals surface area contributed by atoms with Crippen LogP contribution in [0, 0.1) is 11.3 Å². The fraction of sp³-hybridized carbons (Fsp3) is 0. The Morgan fingerprint density at radius 2 is 1.27 bits per heavy atom. The number of benzene rings is 2. The molecule has 0 saturated heterocycles. The van der Waals surface area contributed by atoms with Crippen LogP contribution in [0.15, 0.2) is 48.5 Å². The largest absolute Gasteiger partial charge is 0.192 e. The quantitative estimate of drug-likeness (QED) is 0.665. The molecular formula is C13H10NP. The van der Waals surface area contributed by atoms with Gasteiger partial charge in [0.2, 0.25) is 0 Å². The summed E-state index contributed by atoms with van der Waals surface area (Å²) >= 11 is 0. The Bertz CT molecular complexity index is 492. The average Bonchev–Trinajstić information content (AvgIpc) is 2.30. The van der Waals surface area contributed by atoms with Crippen LogP contribution in [-0.2, 0) is 0 Å². The molecule has 1 atom stereocenters. The number of rotatable bonds is 1. The first-order valence-electron chi connectivity index (χ1n) is 4.66. The molecule has 1 nitrogen and oxygen atoms in total. The molecule has 0 bridgehead atoms. The third-order valence-corrected chi connectivity index (χ3v) is 2.64. The molecule has 2 rings (SSSR count). The minimum absolute atomic E-state index is 0.696. The van der Waals surface area contributed by atoms with E-state index in [2.05, 4.69) is 39.6 Å². The van der Waals surface area contributed by atoms with Crippen molar-refractivity contribution in [3.05, 3.63) is 54.1 Å². The zero-order valence-electron chi connectivity index (χ0n) is 8.14. The Labute approximate surface area is 91.6 Å². The molecule has 0 N–H and O–H groups in total. The van der Waals surface area contributed by atoms with E-state index in [0.717, 1.165) is 5.56 Å². The van der Waals surface area contributed by atoms with Crippen molar-refractivity contribution in [3.63, 3.8) is 0 Å². The van der Waals surface area contributed by atoms with Gasteiger partial charge in [0.05, 0.1) is 11.6 Å². The number of nitriles is 1. The molecule has 0 heterocycles. The van der Waals surface area contributed by atoms with Gasteiger partial charge in [0.1, 0.15) is 0 Å². The molecule has 72 valence electrons. The first-order valence-corrected chi connectivity index (χ1v) is 5.23. The van der Waals surface area contributed by atoms with E-state index in [4.69, 9.17) is 5.26 Å². The zero-order chi connectivity index (χ0) is 10.7. The molecule has 0 amide bonds. The van der Waals surface area contributed by atoms with Crippen LogP contribution in [-0.4, -0.2) is 0 Å². The molecule has 2 aromatic rings. The van der Waals surface area contributed by atoms with Crippen LogP contribution in [0.4, 0.5) is 0 Å². The fourth-order valence-electron chi connectivity index (χ4n) is 1.41. The van der Waals surface area contributed by atoms with E-state index in [1.165, 1.54) is 10.9 Å². The van der Waals surface area contributed by atoms with Gasteiger partial charge in [-0.3, -0.25) is 0 Å². The van der Waals surface area contributed by atoms with Gasteiger partial charge in [-0.2, -0.15) is 5.26 Å². The lowest BCUT2D eigenvalue weighted by molar-refractivity contribution is 1.48. The number of hydrogen-bond donors (Lipinski definition) is 0. The smallest absolute Gasteiger partial charge is 0.0991 e. The molecule has 0 fully saturated rings. The summed E-state index contributed by atoms with van der Waals surface area (Å²) in [5.74, 6) is 0. The summed E-state index contributed by atoms with van der Waals surface area (Å²) in [5.41, 5.74) is 3.01. The van der Waals surface area contributed by atoms with Crippen molar-refractivity contribution in [2.24, 2.45) is 0 Å². The highest BCUT2D eigenvalue weighted by Gasteiger charge is 1.96. The molecule has 0 aliphatic carbocycles. The lowest BCUT2D eigenvalue weighted by Crippen LogP contribution is -1.87. The van der Waals surface area contributed by atoms with Gasteiger partial charge in [0.15, 0.2) is 0 Å². The summed E-state index contributed by atoms with van der Waals surface area (Å²) in [5, 5.41) is 9.86. The van der Waals surface area contributed by atoms with Crippen molar-refractivity contribution in [3.8, 4) is 17.2 Å². The van der Waals surface area contributed by atoms with E-state index in [9.17, 15) is 0 Å². The van der Waals surface area contributed by atoms with Gasteiger partial charge in [0.25, 0.3) is 0 Å². The SMILES string of the molecule is N#Cc1ccc(-c2ccc(P)cc2)cc1. The maximum atomic E-state index is 8.68. The lowest BCUT2D eigenvalue weighted by atomic mass is 10.0.